The molecule has 2 heterocycles. The van der Waals surface area contributed by atoms with Crippen molar-refractivity contribution in [3.8, 4) is 0 Å². The Kier molecular flexibility index (Phi) is 8.06. The summed E-state index contributed by atoms with van der Waals surface area (Å²) in [5.41, 5.74) is 0.797. The first-order chi connectivity index (χ1) is 14.5. The van der Waals surface area contributed by atoms with E-state index in [4.69, 9.17) is 11.6 Å². The van der Waals surface area contributed by atoms with Gasteiger partial charge in [-0.2, -0.15) is 0 Å². The normalized spacial score (nSPS) is 10.6. The molecule has 10 heteroatoms. The molecule has 3 N–H and O–H groups in total. The average Bonchev–Trinajstić information content (AvgIpc) is 3.23. The number of carbonyl (C=O) groups is 2. The molecule has 1 aromatic carbocycles. The highest BCUT2D eigenvalue weighted by Gasteiger charge is 2.10. The maximum atomic E-state index is 12.1. The molecule has 2 aromatic heterocycles. The van der Waals surface area contributed by atoms with E-state index >= 15 is 0 Å². The van der Waals surface area contributed by atoms with Crippen LogP contribution in [0.4, 0.5) is 0 Å². The van der Waals surface area contributed by atoms with Gasteiger partial charge in [0.25, 0.3) is 5.56 Å². The van der Waals surface area contributed by atoms with E-state index in [0.717, 1.165) is 22.2 Å². The highest BCUT2D eigenvalue weighted by molar-refractivity contribution is 7.99. The van der Waals surface area contributed by atoms with Gasteiger partial charge in [-0.15, -0.1) is 11.3 Å². The Hall–Kier alpha value is -2.62. The second-order valence-electron chi connectivity index (χ2n) is 6.23. The van der Waals surface area contributed by atoms with Crippen LogP contribution in [0.2, 0.25) is 5.02 Å². The van der Waals surface area contributed by atoms with Crippen LogP contribution >= 0.6 is 34.7 Å². The van der Waals surface area contributed by atoms with Crippen molar-refractivity contribution in [1.82, 2.24) is 20.6 Å². The predicted octanol–water partition coefficient (Wildman–Crippen LogP) is 2.75. The fourth-order valence-corrected chi connectivity index (χ4v) is 4.06. The number of nitrogens with one attached hydrogen (secondary N) is 3. The Morgan fingerprint density at radius 2 is 1.90 bits per heavy atom. The molecule has 0 saturated carbocycles. The molecule has 2 amide bonds. The lowest BCUT2D eigenvalue weighted by atomic mass is 10.2. The number of hydrogen-bond acceptors (Lipinski definition) is 6. The van der Waals surface area contributed by atoms with Crippen molar-refractivity contribution >= 4 is 46.5 Å². The number of thioether (sulfide) groups is 1. The van der Waals surface area contributed by atoms with Crippen LogP contribution in [0.25, 0.3) is 0 Å². The zero-order valence-electron chi connectivity index (χ0n) is 15.8. The van der Waals surface area contributed by atoms with Gasteiger partial charge in [0.05, 0.1) is 24.4 Å². The fourth-order valence-electron chi connectivity index (χ4n) is 2.49. The number of nitrogens with zero attached hydrogens (tertiary/aromatic N) is 1. The van der Waals surface area contributed by atoms with Gasteiger partial charge in [-0.05, 0) is 23.1 Å². The molecule has 0 unspecified atom stereocenters. The minimum absolute atomic E-state index is 0.0123. The van der Waals surface area contributed by atoms with Crippen molar-refractivity contribution < 1.29 is 9.59 Å². The van der Waals surface area contributed by atoms with Crippen LogP contribution in [0.3, 0.4) is 0 Å². The SMILES string of the molecule is O=C(CSc1nc(CC(=O)NCc2cccs2)cc(=O)[nH]1)NCc1ccccc1Cl. The van der Waals surface area contributed by atoms with Crippen LogP contribution in [0, 0.1) is 0 Å². The number of amides is 2. The van der Waals surface area contributed by atoms with E-state index in [-0.39, 0.29) is 34.7 Å². The predicted molar refractivity (Wildman–Crippen MR) is 119 cm³/mol. The molecule has 3 aromatic rings. The van der Waals surface area contributed by atoms with Crippen molar-refractivity contribution in [3.05, 3.63) is 79.4 Å². The van der Waals surface area contributed by atoms with E-state index in [1.54, 1.807) is 17.4 Å². The van der Waals surface area contributed by atoms with Crippen molar-refractivity contribution in [3.63, 3.8) is 0 Å². The van der Waals surface area contributed by atoms with E-state index in [0.29, 0.717) is 23.8 Å². The molecule has 0 aliphatic carbocycles. The van der Waals surface area contributed by atoms with Crippen LogP contribution in [0.1, 0.15) is 16.1 Å². The average molecular weight is 463 g/mol. The summed E-state index contributed by atoms with van der Waals surface area (Å²) in [5, 5.41) is 8.38. The minimum atomic E-state index is -0.370. The number of hydrogen-bond donors (Lipinski definition) is 3. The van der Waals surface area contributed by atoms with Crippen molar-refractivity contribution in [2.24, 2.45) is 0 Å². The van der Waals surface area contributed by atoms with E-state index in [1.165, 1.54) is 6.07 Å². The fraction of sp³-hybridized carbons (Fsp3) is 0.200. The quantitative estimate of drug-likeness (QED) is 0.335. The Balaban J connectivity index is 1.49. The molecule has 0 bridgehead atoms. The summed E-state index contributed by atoms with van der Waals surface area (Å²) < 4.78 is 0. The van der Waals surface area contributed by atoms with Crippen LogP contribution in [0.15, 0.2) is 57.8 Å². The largest absolute Gasteiger partial charge is 0.351 e. The molecule has 7 nitrogen and oxygen atoms in total. The summed E-state index contributed by atoms with van der Waals surface area (Å²) in [4.78, 5) is 44.0. The van der Waals surface area contributed by atoms with E-state index in [2.05, 4.69) is 20.6 Å². The van der Waals surface area contributed by atoms with Crippen LogP contribution in [0.5, 0.6) is 0 Å². The lowest BCUT2D eigenvalue weighted by molar-refractivity contribution is -0.121. The minimum Gasteiger partial charge on any atom is -0.351 e. The first-order valence-electron chi connectivity index (χ1n) is 9.02. The summed E-state index contributed by atoms with van der Waals surface area (Å²) in [6.45, 7) is 0.750. The number of aromatic nitrogens is 2. The Labute approximate surface area is 186 Å². The Bertz CT molecular complexity index is 1070. The van der Waals surface area contributed by atoms with E-state index in [9.17, 15) is 14.4 Å². The number of aromatic amines is 1. The summed E-state index contributed by atoms with van der Waals surface area (Å²) in [6.07, 6.45) is -0.0123. The third-order valence-corrected chi connectivity index (χ3v) is 6.05. The molecule has 3 rings (SSSR count). The molecule has 0 fully saturated rings. The summed E-state index contributed by atoms with van der Waals surface area (Å²) >= 11 is 8.72. The highest BCUT2D eigenvalue weighted by atomic mass is 35.5. The van der Waals surface area contributed by atoms with Gasteiger partial charge < -0.3 is 15.6 Å². The molecule has 0 spiro atoms. The van der Waals surface area contributed by atoms with Gasteiger partial charge in [0.15, 0.2) is 5.16 Å². The molecule has 0 atom stereocenters. The summed E-state index contributed by atoms with van der Waals surface area (Å²) in [7, 11) is 0. The number of thiophene rings is 1. The lowest BCUT2D eigenvalue weighted by Gasteiger charge is -2.07. The number of benzene rings is 1. The summed E-state index contributed by atoms with van der Waals surface area (Å²) in [5.74, 6) is -0.377. The number of H-pyrrole nitrogens is 1. The molecule has 0 aliphatic rings. The third kappa shape index (κ3) is 7.01. The Morgan fingerprint density at radius 1 is 1.10 bits per heavy atom. The molecule has 0 saturated heterocycles. The van der Waals surface area contributed by atoms with Gasteiger partial charge >= 0.3 is 0 Å². The molecular formula is C20H19ClN4O3S2. The van der Waals surface area contributed by atoms with Crippen molar-refractivity contribution in [2.45, 2.75) is 24.7 Å². The van der Waals surface area contributed by atoms with Crippen LogP contribution < -0.4 is 16.2 Å². The van der Waals surface area contributed by atoms with Gasteiger partial charge in [0.1, 0.15) is 0 Å². The number of rotatable bonds is 9. The van der Waals surface area contributed by atoms with Gasteiger partial charge in [-0.1, -0.05) is 47.6 Å². The van der Waals surface area contributed by atoms with Crippen molar-refractivity contribution in [1.29, 1.82) is 0 Å². The molecule has 30 heavy (non-hydrogen) atoms. The van der Waals surface area contributed by atoms with Gasteiger partial charge in [0, 0.05) is 22.5 Å². The van der Waals surface area contributed by atoms with E-state index < -0.39 is 0 Å². The monoisotopic (exact) mass is 462 g/mol. The summed E-state index contributed by atoms with van der Waals surface area (Å²) in [6, 6.07) is 12.4. The molecule has 0 aliphatic heterocycles. The number of halogens is 1. The first-order valence-corrected chi connectivity index (χ1v) is 11.3. The zero-order valence-corrected chi connectivity index (χ0v) is 18.2. The maximum Gasteiger partial charge on any atom is 0.251 e. The smallest absolute Gasteiger partial charge is 0.251 e. The Morgan fingerprint density at radius 3 is 2.67 bits per heavy atom. The maximum absolute atomic E-state index is 12.1. The topological polar surface area (TPSA) is 104 Å². The third-order valence-electron chi connectivity index (χ3n) is 3.93. The molecule has 0 radical (unpaired) electrons. The highest BCUT2D eigenvalue weighted by Crippen LogP contribution is 2.15. The molecule has 156 valence electrons. The lowest BCUT2D eigenvalue weighted by Crippen LogP contribution is -2.26. The second kappa shape index (κ2) is 11.0. The van der Waals surface area contributed by atoms with E-state index in [1.807, 2.05) is 35.7 Å². The standard InChI is InChI=1S/C20H19ClN4O3S2/c21-16-6-2-1-4-13(16)10-22-19(28)12-30-20-24-14(9-18(27)25-20)8-17(26)23-11-15-5-3-7-29-15/h1-7,9H,8,10-12H2,(H,22,28)(H,23,26)(H,24,25,27). The van der Waals surface area contributed by atoms with Crippen molar-refractivity contribution in [2.75, 3.05) is 5.75 Å². The molecular weight excluding hydrogens is 444 g/mol. The van der Waals surface area contributed by atoms with Gasteiger partial charge in [0.2, 0.25) is 11.8 Å². The second-order valence-corrected chi connectivity index (χ2v) is 8.64. The van der Waals surface area contributed by atoms with Crippen LogP contribution in [-0.2, 0) is 29.1 Å². The number of carbonyl (C=O) groups excluding carboxylic acids is 2. The zero-order chi connectivity index (χ0) is 21.3. The van der Waals surface area contributed by atoms with Gasteiger partial charge in [-0.25, -0.2) is 4.98 Å². The van der Waals surface area contributed by atoms with Gasteiger partial charge in [-0.3, -0.25) is 14.4 Å². The van der Waals surface area contributed by atoms with Crippen LogP contribution in [-0.4, -0.2) is 27.5 Å². The first kappa shape index (κ1) is 22.1.